The molecule has 1 aliphatic heterocycles. The van der Waals surface area contributed by atoms with Crippen LogP contribution in [0.5, 0.6) is 0 Å². The number of sulfonamides is 1. The minimum atomic E-state index is -3.69. The number of hydrogen-bond donors (Lipinski definition) is 1. The number of carbonyl (C=O) groups is 1. The van der Waals surface area contributed by atoms with Crippen molar-refractivity contribution in [3.63, 3.8) is 0 Å². The Morgan fingerprint density at radius 1 is 1.21 bits per heavy atom. The van der Waals surface area contributed by atoms with E-state index in [-0.39, 0.29) is 27.4 Å². The van der Waals surface area contributed by atoms with Crippen LogP contribution in [0.15, 0.2) is 39.9 Å². The monoisotopic (exact) mass is 441 g/mol. The van der Waals surface area contributed by atoms with E-state index in [4.69, 9.17) is 11.6 Å². The number of hydrogen-bond acceptors (Lipinski definition) is 5. The topological polar surface area (TPSA) is 69.7 Å². The zero-order chi connectivity index (χ0) is 20.3. The van der Waals surface area contributed by atoms with Crippen LogP contribution in [0.2, 0.25) is 5.02 Å². The molecule has 1 aliphatic rings. The molecule has 2 heterocycles. The Kier molecular flexibility index (Phi) is 6.77. The summed E-state index contributed by atoms with van der Waals surface area (Å²) in [5, 5.41) is 4.45. The number of benzene rings is 1. The highest BCUT2D eigenvalue weighted by molar-refractivity contribution is 7.89. The van der Waals surface area contributed by atoms with Crippen molar-refractivity contribution in [1.82, 2.24) is 14.5 Å². The molecule has 1 saturated heterocycles. The lowest BCUT2D eigenvalue weighted by atomic mass is 10.1. The van der Waals surface area contributed by atoms with Crippen LogP contribution in [-0.2, 0) is 16.6 Å². The quantitative estimate of drug-likeness (QED) is 0.748. The molecule has 0 bridgehead atoms. The minimum Gasteiger partial charge on any atom is -0.336 e. The van der Waals surface area contributed by atoms with E-state index in [1.54, 1.807) is 30.1 Å². The molecule has 152 valence electrons. The zero-order valence-corrected chi connectivity index (χ0v) is 18.3. The normalized spacial score (nSPS) is 15.9. The van der Waals surface area contributed by atoms with Crippen LogP contribution < -0.4 is 4.72 Å². The molecule has 0 spiro atoms. The third kappa shape index (κ3) is 5.12. The van der Waals surface area contributed by atoms with Gasteiger partial charge in [-0.15, -0.1) is 0 Å². The maximum absolute atomic E-state index is 13.0. The van der Waals surface area contributed by atoms with Gasteiger partial charge in [-0.05, 0) is 54.4 Å². The van der Waals surface area contributed by atoms with Crippen LogP contribution in [0.3, 0.4) is 0 Å². The van der Waals surface area contributed by atoms with E-state index in [0.717, 1.165) is 19.6 Å². The van der Waals surface area contributed by atoms with E-state index < -0.39 is 10.0 Å². The fourth-order valence-electron chi connectivity index (χ4n) is 3.13. The van der Waals surface area contributed by atoms with Gasteiger partial charge in [-0.25, -0.2) is 13.1 Å². The second-order valence-electron chi connectivity index (χ2n) is 7.12. The number of halogens is 1. The van der Waals surface area contributed by atoms with Crippen molar-refractivity contribution in [2.75, 3.05) is 26.2 Å². The highest BCUT2D eigenvalue weighted by atomic mass is 35.5. The Morgan fingerprint density at radius 3 is 2.54 bits per heavy atom. The Hall–Kier alpha value is -1.45. The standard InChI is InChI=1S/C19H24ClN3O3S2/c1-14(2)21-28(25,26)16-3-4-18(20)17(11-16)19(24)23-8-6-22(7-9-23)12-15-5-10-27-13-15/h3-5,10-11,13-14,21H,6-9,12H2,1-2H3. The van der Waals surface area contributed by atoms with E-state index >= 15 is 0 Å². The lowest BCUT2D eigenvalue weighted by molar-refractivity contribution is 0.0628. The van der Waals surface area contributed by atoms with Crippen molar-refractivity contribution < 1.29 is 13.2 Å². The number of nitrogens with one attached hydrogen (secondary N) is 1. The summed E-state index contributed by atoms with van der Waals surface area (Å²) in [4.78, 5) is 17.0. The third-order valence-corrected chi connectivity index (χ3v) is 7.23. The van der Waals surface area contributed by atoms with E-state index in [1.165, 1.54) is 23.8 Å². The van der Waals surface area contributed by atoms with Crippen LogP contribution in [-0.4, -0.2) is 56.3 Å². The maximum atomic E-state index is 13.0. The largest absolute Gasteiger partial charge is 0.336 e. The van der Waals surface area contributed by atoms with Crippen molar-refractivity contribution in [2.24, 2.45) is 0 Å². The van der Waals surface area contributed by atoms with Gasteiger partial charge in [0.2, 0.25) is 10.0 Å². The molecule has 9 heteroatoms. The van der Waals surface area contributed by atoms with Crippen molar-refractivity contribution in [3.8, 4) is 0 Å². The van der Waals surface area contributed by atoms with Gasteiger partial charge in [-0.2, -0.15) is 11.3 Å². The molecule has 6 nitrogen and oxygen atoms in total. The maximum Gasteiger partial charge on any atom is 0.255 e. The summed E-state index contributed by atoms with van der Waals surface area (Å²) in [5.74, 6) is -0.234. The van der Waals surface area contributed by atoms with Gasteiger partial charge in [0, 0.05) is 38.8 Å². The average molecular weight is 442 g/mol. The Labute approximate surface area is 175 Å². The highest BCUT2D eigenvalue weighted by Gasteiger charge is 2.25. The second kappa shape index (κ2) is 8.92. The molecular weight excluding hydrogens is 418 g/mol. The summed E-state index contributed by atoms with van der Waals surface area (Å²) in [6, 6.07) is 6.13. The van der Waals surface area contributed by atoms with Crippen LogP contribution >= 0.6 is 22.9 Å². The van der Waals surface area contributed by atoms with Crippen LogP contribution in [0, 0.1) is 0 Å². The number of rotatable bonds is 6. The van der Waals surface area contributed by atoms with Crippen molar-refractivity contribution in [1.29, 1.82) is 0 Å². The van der Waals surface area contributed by atoms with E-state index in [9.17, 15) is 13.2 Å². The fourth-order valence-corrected chi connectivity index (χ4v) is 5.27. The smallest absolute Gasteiger partial charge is 0.255 e. The Bertz CT molecular complexity index is 922. The fraction of sp³-hybridized carbons (Fsp3) is 0.421. The summed E-state index contributed by atoms with van der Waals surface area (Å²) in [5.41, 5.74) is 1.50. The lowest BCUT2D eigenvalue weighted by Gasteiger charge is -2.34. The molecule has 28 heavy (non-hydrogen) atoms. The first-order valence-corrected chi connectivity index (χ1v) is 11.9. The molecule has 0 radical (unpaired) electrons. The molecule has 3 rings (SSSR count). The SMILES string of the molecule is CC(C)NS(=O)(=O)c1ccc(Cl)c(C(=O)N2CCN(Cc3ccsc3)CC2)c1. The number of carbonyl (C=O) groups excluding carboxylic acids is 1. The molecular formula is C19H24ClN3O3S2. The lowest BCUT2D eigenvalue weighted by Crippen LogP contribution is -2.48. The predicted molar refractivity (Wildman–Crippen MR) is 112 cm³/mol. The molecule has 1 aromatic heterocycles. The van der Waals surface area contributed by atoms with Gasteiger partial charge in [-0.3, -0.25) is 9.69 Å². The molecule has 2 aromatic rings. The van der Waals surface area contributed by atoms with Crippen LogP contribution in [0.1, 0.15) is 29.8 Å². The van der Waals surface area contributed by atoms with Gasteiger partial charge in [-0.1, -0.05) is 11.6 Å². The van der Waals surface area contributed by atoms with E-state index in [2.05, 4.69) is 26.4 Å². The summed E-state index contributed by atoms with van der Waals surface area (Å²) in [6.07, 6.45) is 0. The van der Waals surface area contributed by atoms with E-state index in [0.29, 0.717) is 13.1 Å². The first-order valence-electron chi connectivity index (χ1n) is 9.11. The number of nitrogens with zero attached hydrogens (tertiary/aromatic N) is 2. The molecule has 1 N–H and O–H groups in total. The summed E-state index contributed by atoms with van der Waals surface area (Å²) in [6.45, 7) is 7.07. The molecule has 1 aromatic carbocycles. The third-order valence-electron chi connectivity index (χ3n) is 4.52. The summed E-state index contributed by atoms with van der Waals surface area (Å²) < 4.78 is 27.4. The summed E-state index contributed by atoms with van der Waals surface area (Å²) in [7, 11) is -3.69. The molecule has 0 atom stereocenters. The number of amides is 1. The molecule has 0 aliphatic carbocycles. The van der Waals surface area contributed by atoms with Gasteiger partial charge in [0.1, 0.15) is 0 Å². The van der Waals surface area contributed by atoms with Crippen molar-refractivity contribution >= 4 is 38.9 Å². The Morgan fingerprint density at radius 2 is 1.93 bits per heavy atom. The van der Waals surface area contributed by atoms with Gasteiger partial charge < -0.3 is 4.90 Å². The van der Waals surface area contributed by atoms with Crippen molar-refractivity contribution in [2.45, 2.75) is 31.3 Å². The minimum absolute atomic E-state index is 0.0463. The number of thiophene rings is 1. The first kappa shape index (κ1) is 21.3. The van der Waals surface area contributed by atoms with Crippen LogP contribution in [0.4, 0.5) is 0 Å². The predicted octanol–water partition coefficient (Wildman–Crippen LogP) is 3.05. The van der Waals surface area contributed by atoms with Gasteiger partial charge in [0.15, 0.2) is 0 Å². The first-order chi connectivity index (χ1) is 13.3. The Balaban J connectivity index is 1.70. The van der Waals surface area contributed by atoms with Crippen LogP contribution in [0.25, 0.3) is 0 Å². The molecule has 0 saturated carbocycles. The molecule has 0 unspecified atom stereocenters. The van der Waals surface area contributed by atoms with E-state index in [1.807, 2.05) is 0 Å². The molecule has 1 fully saturated rings. The van der Waals surface area contributed by atoms with Gasteiger partial charge >= 0.3 is 0 Å². The zero-order valence-electron chi connectivity index (χ0n) is 15.9. The highest BCUT2D eigenvalue weighted by Crippen LogP contribution is 2.23. The second-order valence-corrected chi connectivity index (χ2v) is 10.0. The number of piperazine rings is 1. The average Bonchev–Trinajstić information content (AvgIpc) is 3.14. The van der Waals surface area contributed by atoms with Gasteiger partial charge in [0.25, 0.3) is 5.91 Å². The van der Waals surface area contributed by atoms with Crippen molar-refractivity contribution in [3.05, 3.63) is 51.2 Å². The summed E-state index contributed by atoms with van der Waals surface area (Å²) >= 11 is 7.90. The van der Waals surface area contributed by atoms with Gasteiger partial charge in [0.05, 0.1) is 15.5 Å². The molecule has 1 amide bonds.